The van der Waals surface area contributed by atoms with Crippen molar-refractivity contribution in [1.29, 1.82) is 0 Å². The first kappa shape index (κ1) is 48.2. The predicted octanol–water partition coefficient (Wildman–Crippen LogP) is -5.37. The number of esters is 5. The number of hydrogen-bond donors (Lipinski definition) is 8. The molecule has 0 bridgehead atoms. The van der Waals surface area contributed by atoms with Crippen LogP contribution in [0.3, 0.4) is 0 Å². The lowest BCUT2D eigenvalue weighted by molar-refractivity contribution is -0.385. The summed E-state index contributed by atoms with van der Waals surface area (Å²) < 4.78 is 54.8. The van der Waals surface area contributed by atoms with E-state index in [0.29, 0.717) is 0 Å². The number of carboxylic acids is 1. The highest BCUT2D eigenvalue weighted by Gasteiger charge is 2.62. The smallest absolute Gasteiger partial charge is 0.364 e. The van der Waals surface area contributed by atoms with E-state index in [2.05, 4.69) is 5.32 Å². The van der Waals surface area contributed by atoms with Crippen LogP contribution in [0.4, 0.5) is 0 Å². The third-order valence-corrected chi connectivity index (χ3v) is 8.88. The highest BCUT2D eigenvalue weighted by molar-refractivity contribution is 5.77. The summed E-state index contributed by atoms with van der Waals surface area (Å²) in [5.74, 6) is -11.3. The Morgan fingerprint density at radius 1 is 0.724 bits per heavy atom. The summed E-state index contributed by atoms with van der Waals surface area (Å²) in [6, 6.07) is -1.67. The fourth-order valence-corrected chi connectivity index (χ4v) is 6.60. The van der Waals surface area contributed by atoms with Crippen LogP contribution in [0, 0.1) is 0 Å². The number of aliphatic hydroxyl groups is 6. The lowest BCUT2D eigenvalue weighted by Crippen LogP contribution is -2.71. The molecule has 16 atom stereocenters. The molecule has 0 aromatic rings. The first-order valence-corrected chi connectivity index (χ1v) is 17.6. The molecule has 330 valence electrons. The third kappa shape index (κ3) is 12.0. The van der Waals surface area contributed by atoms with Gasteiger partial charge in [0.2, 0.25) is 5.91 Å². The Kier molecular flexibility index (Phi) is 17.2. The number of ether oxygens (including phenoxy) is 10. The van der Waals surface area contributed by atoms with Gasteiger partial charge in [0, 0.05) is 41.5 Å². The van der Waals surface area contributed by atoms with Crippen LogP contribution in [0.5, 0.6) is 0 Å². The van der Waals surface area contributed by atoms with Crippen molar-refractivity contribution in [3.63, 3.8) is 0 Å². The molecule has 3 aliphatic heterocycles. The van der Waals surface area contributed by atoms with Crippen LogP contribution in [0.2, 0.25) is 0 Å². The molecule has 0 aromatic carbocycles. The number of amides is 1. The topological polar surface area (TPSA) is 365 Å². The molecular weight excluding hydrogens is 794 g/mol. The van der Waals surface area contributed by atoms with Gasteiger partial charge in [-0.3, -0.25) is 28.8 Å². The maximum absolute atomic E-state index is 13.5. The zero-order valence-electron chi connectivity index (χ0n) is 32.1. The first-order valence-electron chi connectivity index (χ1n) is 17.6. The highest BCUT2D eigenvalue weighted by Crippen LogP contribution is 2.40. The lowest BCUT2D eigenvalue weighted by Gasteiger charge is -2.51. The van der Waals surface area contributed by atoms with Gasteiger partial charge in [-0.25, -0.2) is 4.79 Å². The van der Waals surface area contributed by atoms with Gasteiger partial charge < -0.3 is 88.4 Å². The Balaban J connectivity index is 2.25. The van der Waals surface area contributed by atoms with Gasteiger partial charge in [-0.2, -0.15) is 0 Å². The number of hydrogen-bond acceptors (Lipinski definition) is 23. The van der Waals surface area contributed by atoms with E-state index in [0.717, 1.165) is 41.5 Å². The quantitative estimate of drug-likeness (QED) is 0.0531. The second-order valence-electron chi connectivity index (χ2n) is 13.4. The molecule has 3 rings (SSSR count). The summed E-state index contributed by atoms with van der Waals surface area (Å²) in [5.41, 5.74) is 0. The van der Waals surface area contributed by atoms with E-state index in [4.69, 9.17) is 47.4 Å². The molecule has 0 aromatic heterocycles. The Hall–Kier alpha value is -4.15. The molecule has 1 amide bonds. The average molecular weight is 844 g/mol. The first-order chi connectivity index (χ1) is 27.0. The molecule has 3 aliphatic rings. The molecule has 0 saturated carbocycles. The largest absolute Gasteiger partial charge is 0.477 e. The normalized spacial score (nSPS) is 36.0. The Labute approximate surface area is 329 Å². The maximum Gasteiger partial charge on any atom is 0.364 e. The minimum Gasteiger partial charge on any atom is -0.477 e. The van der Waals surface area contributed by atoms with Gasteiger partial charge in [-0.1, -0.05) is 0 Å². The van der Waals surface area contributed by atoms with E-state index in [1.807, 2.05) is 0 Å². The van der Waals surface area contributed by atoms with E-state index in [-0.39, 0.29) is 0 Å². The summed E-state index contributed by atoms with van der Waals surface area (Å²) in [6.45, 7) is 2.76. The second kappa shape index (κ2) is 20.7. The van der Waals surface area contributed by atoms with Crippen molar-refractivity contribution in [3.05, 3.63) is 0 Å². The summed E-state index contributed by atoms with van der Waals surface area (Å²) in [4.78, 5) is 87.4. The molecule has 3 fully saturated rings. The van der Waals surface area contributed by atoms with Gasteiger partial charge in [0.15, 0.2) is 30.9 Å². The zero-order chi connectivity index (χ0) is 43.8. The Morgan fingerprint density at radius 3 is 1.81 bits per heavy atom. The SMILES string of the molecule is CC(=O)N[C@H]1[C@H]([C@H](OC(C)=O)[C@@H](COC(C)=O)OC(C)=O)O[C@@](O[C@@H]2[C@@H](O)[C@H](O[C@H]3[C@H](O)[C@@H](O)C(O)O[C@@H]3CO)O[C@H](CO)[C@@H]2OC(C)=O)(C(=O)O)C[C@@H]1OC(C)=O. The highest BCUT2D eigenvalue weighted by atomic mass is 16.8. The van der Waals surface area contributed by atoms with Crippen molar-refractivity contribution >= 4 is 41.7 Å². The Morgan fingerprint density at radius 2 is 1.31 bits per heavy atom. The minimum atomic E-state index is -3.23. The van der Waals surface area contributed by atoms with E-state index < -0.39 is 166 Å². The molecule has 3 saturated heterocycles. The van der Waals surface area contributed by atoms with Crippen LogP contribution < -0.4 is 5.32 Å². The van der Waals surface area contributed by atoms with E-state index in [1.54, 1.807) is 0 Å². The number of aliphatic carboxylic acids is 1. The fourth-order valence-electron chi connectivity index (χ4n) is 6.60. The average Bonchev–Trinajstić information content (AvgIpc) is 3.11. The van der Waals surface area contributed by atoms with E-state index >= 15 is 0 Å². The number of aliphatic hydroxyl groups excluding tert-OH is 6. The minimum absolute atomic E-state index is 0.835. The molecule has 25 nitrogen and oxygen atoms in total. The fraction of sp³-hybridized carbons (Fsp3) is 0.788. The van der Waals surface area contributed by atoms with Crippen LogP contribution in [0.15, 0.2) is 0 Å². The van der Waals surface area contributed by atoms with Crippen molar-refractivity contribution in [2.75, 3.05) is 19.8 Å². The monoisotopic (exact) mass is 843 g/mol. The molecule has 0 spiro atoms. The van der Waals surface area contributed by atoms with Crippen molar-refractivity contribution in [2.45, 2.75) is 146 Å². The van der Waals surface area contributed by atoms with Crippen LogP contribution in [-0.4, -0.2) is 195 Å². The number of nitrogens with one attached hydrogen (secondary N) is 1. The summed E-state index contributed by atoms with van der Waals surface area (Å²) >= 11 is 0. The summed E-state index contributed by atoms with van der Waals surface area (Å²) in [7, 11) is 0. The van der Waals surface area contributed by atoms with Gasteiger partial charge in [0.25, 0.3) is 5.79 Å². The molecule has 8 N–H and O–H groups in total. The van der Waals surface area contributed by atoms with Gasteiger partial charge in [0.05, 0.1) is 25.7 Å². The van der Waals surface area contributed by atoms with Crippen LogP contribution in [-0.2, 0) is 80.9 Å². The molecule has 58 heavy (non-hydrogen) atoms. The van der Waals surface area contributed by atoms with Crippen molar-refractivity contribution in [3.8, 4) is 0 Å². The van der Waals surface area contributed by atoms with Gasteiger partial charge >= 0.3 is 35.8 Å². The lowest BCUT2D eigenvalue weighted by atomic mass is 9.87. The maximum atomic E-state index is 13.5. The summed E-state index contributed by atoms with van der Waals surface area (Å²) in [5, 5.41) is 76.0. The van der Waals surface area contributed by atoms with Gasteiger partial charge in [-0.15, -0.1) is 0 Å². The number of carbonyl (C=O) groups excluding carboxylic acids is 6. The van der Waals surface area contributed by atoms with Crippen LogP contribution >= 0.6 is 0 Å². The molecule has 0 aliphatic carbocycles. The van der Waals surface area contributed by atoms with Crippen LogP contribution in [0.25, 0.3) is 0 Å². The molecule has 25 heteroatoms. The second-order valence-corrected chi connectivity index (χ2v) is 13.4. The van der Waals surface area contributed by atoms with Crippen LogP contribution in [0.1, 0.15) is 48.0 Å². The zero-order valence-corrected chi connectivity index (χ0v) is 32.1. The van der Waals surface area contributed by atoms with Crippen molar-refractivity contribution in [2.24, 2.45) is 0 Å². The molecule has 3 heterocycles. The van der Waals surface area contributed by atoms with E-state index in [9.17, 15) is 69.3 Å². The van der Waals surface area contributed by atoms with Gasteiger partial charge in [-0.05, 0) is 0 Å². The number of carbonyl (C=O) groups is 7. The standard InChI is InChI=1S/C33H49NO24/c1-11(37)34-21-17(50-13(3)39)7-33(32(47)48,57-28(21)27(53-16(6)42)20(51-14(4)40)10-49-12(2)38)58-29-24(45)31(55-19(9-36)26(29)52-15(5)41)56-25-18(8-35)54-30(46)23(44)22(25)43/h17-31,35-36,43-46H,7-10H2,1-6H3,(H,34,37)(H,47,48)/t17-,18+,19+,20+,21+,22+,23+,24+,25+,26-,27+,28+,29+,30?,31-,33-/m0/s1. The predicted molar refractivity (Wildman–Crippen MR) is 178 cm³/mol. The van der Waals surface area contributed by atoms with Crippen molar-refractivity contribution < 1.29 is 117 Å². The number of carboxylic acid groups (broad SMARTS) is 1. The van der Waals surface area contributed by atoms with Crippen molar-refractivity contribution in [1.82, 2.24) is 5.32 Å². The molecule has 1 unspecified atom stereocenters. The summed E-state index contributed by atoms with van der Waals surface area (Å²) in [6.07, 6.45) is -28.6. The number of rotatable bonds is 16. The van der Waals surface area contributed by atoms with Gasteiger partial charge in [0.1, 0.15) is 61.5 Å². The molecular formula is C33H49NO24. The Bertz CT molecular complexity index is 1490. The molecule has 0 radical (unpaired) electrons. The van der Waals surface area contributed by atoms with E-state index in [1.165, 1.54) is 0 Å². The third-order valence-electron chi connectivity index (χ3n) is 8.88.